The van der Waals surface area contributed by atoms with Gasteiger partial charge in [0.05, 0.1) is 11.1 Å². The van der Waals surface area contributed by atoms with Crippen LogP contribution in [0.4, 0.5) is 0 Å². The first-order valence-corrected chi connectivity index (χ1v) is 6.99. The molecule has 1 unspecified atom stereocenters. The fraction of sp³-hybridized carbons (Fsp3) is 0.143. The zero-order chi connectivity index (χ0) is 17.0. The molecule has 2 rings (SSSR count). The molecule has 0 saturated heterocycles. The zero-order valence-electron chi connectivity index (χ0n) is 11.8. The van der Waals surface area contributed by atoms with E-state index < -0.39 is 11.8 Å². The highest BCUT2D eigenvalue weighted by Crippen LogP contribution is 2.32. The molecule has 1 atom stereocenters. The van der Waals surface area contributed by atoms with Crippen LogP contribution in [0.3, 0.4) is 0 Å². The smallest absolute Gasteiger partial charge is 0.289 e. The Bertz CT molecular complexity index is 717. The van der Waals surface area contributed by atoms with Gasteiger partial charge in [0.25, 0.3) is 11.8 Å². The van der Waals surface area contributed by atoms with Gasteiger partial charge in [-0.25, -0.2) is 0 Å². The second kappa shape index (κ2) is 7.02. The highest BCUT2D eigenvalue weighted by Gasteiger charge is 2.29. The summed E-state index contributed by atoms with van der Waals surface area (Å²) in [7, 11) is 2.01. The standard InChI is InChI=1S/C14H13N2O6P/c15-13(19)11-9(5-17)7(1-3-21-11)8-2-4-22-12(10(8)6-18)14(20)16-23/h1-2,5-6H,3-4,23H2,(H2,15,19)(H,16,20). The average Bonchev–Trinajstić information content (AvgIpc) is 2.59. The largest absolute Gasteiger partial charge is 0.483 e. The lowest BCUT2D eigenvalue weighted by atomic mass is 9.89. The van der Waals surface area contributed by atoms with Gasteiger partial charge in [0, 0.05) is 0 Å². The van der Waals surface area contributed by atoms with Crippen molar-refractivity contribution < 1.29 is 28.7 Å². The fourth-order valence-corrected chi connectivity index (χ4v) is 2.37. The molecule has 23 heavy (non-hydrogen) atoms. The first kappa shape index (κ1) is 16.6. The quantitative estimate of drug-likeness (QED) is 0.500. The third kappa shape index (κ3) is 3.07. The molecule has 2 aliphatic heterocycles. The summed E-state index contributed by atoms with van der Waals surface area (Å²) in [5, 5.41) is 2.28. The molecule has 0 aromatic carbocycles. The second-order valence-corrected chi connectivity index (χ2v) is 4.71. The Hall–Kier alpha value is -2.73. The summed E-state index contributed by atoms with van der Waals surface area (Å²) in [6, 6.07) is 0. The molecule has 9 heteroatoms. The van der Waals surface area contributed by atoms with Crippen molar-refractivity contribution in [2.45, 2.75) is 0 Å². The zero-order valence-corrected chi connectivity index (χ0v) is 13.0. The number of rotatable bonds is 5. The lowest BCUT2D eigenvalue weighted by molar-refractivity contribution is -0.119. The van der Waals surface area contributed by atoms with E-state index >= 15 is 0 Å². The van der Waals surface area contributed by atoms with Crippen molar-refractivity contribution >= 4 is 33.8 Å². The van der Waals surface area contributed by atoms with Gasteiger partial charge in [0.2, 0.25) is 0 Å². The van der Waals surface area contributed by atoms with Crippen LogP contribution in [0.5, 0.6) is 0 Å². The Balaban J connectivity index is 2.58. The number of hydrogen-bond donors (Lipinski definition) is 2. The minimum Gasteiger partial charge on any atom is -0.483 e. The summed E-state index contributed by atoms with van der Waals surface area (Å²) < 4.78 is 10.3. The molecule has 0 aromatic heterocycles. The number of nitrogens with two attached hydrogens (primary N) is 1. The normalized spacial score (nSPS) is 17.4. The number of nitrogens with one attached hydrogen (secondary N) is 1. The number of allylic oxidation sites excluding steroid dienone is 4. The molecule has 8 nitrogen and oxygen atoms in total. The van der Waals surface area contributed by atoms with Crippen LogP contribution in [-0.2, 0) is 28.7 Å². The highest BCUT2D eigenvalue weighted by atomic mass is 31.0. The Morgan fingerprint density at radius 1 is 1.04 bits per heavy atom. The molecule has 0 bridgehead atoms. The molecule has 0 aromatic rings. The fourth-order valence-electron chi connectivity index (χ4n) is 2.24. The van der Waals surface area contributed by atoms with Crippen LogP contribution in [0.15, 0.2) is 46.0 Å². The number of hydrogen-bond acceptors (Lipinski definition) is 6. The maximum atomic E-state index is 11.8. The van der Waals surface area contributed by atoms with Crippen molar-refractivity contribution in [1.29, 1.82) is 0 Å². The molecule has 3 N–H and O–H groups in total. The number of amides is 2. The van der Waals surface area contributed by atoms with Crippen LogP contribution < -0.4 is 10.8 Å². The van der Waals surface area contributed by atoms with Gasteiger partial charge in [-0.2, -0.15) is 0 Å². The lowest BCUT2D eigenvalue weighted by Gasteiger charge is -2.23. The average molecular weight is 336 g/mol. The van der Waals surface area contributed by atoms with Crippen LogP contribution in [0.2, 0.25) is 0 Å². The molecule has 0 radical (unpaired) electrons. The number of carbonyl (C=O) groups is 4. The van der Waals surface area contributed by atoms with E-state index in [1.54, 1.807) is 0 Å². The van der Waals surface area contributed by atoms with Gasteiger partial charge >= 0.3 is 0 Å². The summed E-state index contributed by atoms with van der Waals surface area (Å²) in [6.07, 6.45) is 3.91. The molecule has 2 heterocycles. The van der Waals surface area contributed by atoms with Crippen LogP contribution in [0.25, 0.3) is 0 Å². The van der Waals surface area contributed by atoms with E-state index in [1.807, 2.05) is 9.39 Å². The van der Waals surface area contributed by atoms with E-state index in [0.717, 1.165) is 0 Å². The summed E-state index contributed by atoms with van der Waals surface area (Å²) in [5.74, 6) is -1.97. The maximum absolute atomic E-state index is 11.8. The second-order valence-electron chi connectivity index (χ2n) is 4.42. The predicted molar refractivity (Wildman–Crippen MR) is 81.3 cm³/mol. The summed E-state index contributed by atoms with van der Waals surface area (Å²) in [5.41, 5.74) is 5.67. The molecule has 0 fully saturated rings. The molecular formula is C14H13N2O6P. The Morgan fingerprint density at radius 2 is 1.52 bits per heavy atom. The number of primary amides is 1. The van der Waals surface area contributed by atoms with Crippen LogP contribution in [0, 0.1) is 0 Å². The van der Waals surface area contributed by atoms with Gasteiger partial charge in [-0.3, -0.25) is 19.2 Å². The van der Waals surface area contributed by atoms with Gasteiger partial charge in [0.15, 0.2) is 24.1 Å². The van der Waals surface area contributed by atoms with Gasteiger partial charge < -0.3 is 20.3 Å². The maximum Gasteiger partial charge on any atom is 0.289 e. The van der Waals surface area contributed by atoms with Crippen molar-refractivity contribution in [3.05, 3.63) is 46.0 Å². The Kier molecular flexibility index (Phi) is 5.08. The van der Waals surface area contributed by atoms with Gasteiger partial charge in [-0.05, 0) is 32.7 Å². The minimum absolute atomic E-state index is 0.000437. The van der Waals surface area contributed by atoms with E-state index in [9.17, 15) is 19.2 Å². The number of carbonyl (C=O) groups excluding carboxylic acids is 4. The molecule has 2 amide bonds. The highest BCUT2D eigenvalue weighted by molar-refractivity contribution is 7.15. The molecule has 0 aliphatic carbocycles. The molecule has 0 spiro atoms. The van der Waals surface area contributed by atoms with Gasteiger partial charge in [-0.15, -0.1) is 0 Å². The van der Waals surface area contributed by atoms with Gasteiger partial charge in [0.1, 0.15) is 13.2 Å². The van der Waals surface area contributed by atoms with E-state index in [0.29, 0.717) is 23.7 Å². The van der Waals surface area contributed by atoms with Crippen LogP contribution >= 0.6 is 9.39 Å². The number of aldehydes is 2. The monoisotopic (exact) mass is 336 g/mol. The molecule has 0 saturated carbocycles. The van der Waals surface area contributed by atoms with Crippen molar-refractivity contribution in [2.24, 2.45) is 5.73 Å². The Morgan fingerprint density at radius 3 is 1.96 bits per heavy atom. The molecule has 120 valence electrons. The van der Waals surface area contributed by atoms with Crippen molar-refractivity contribution in [2.75, 3.05) is 13.2 Å². The van der Waals surface area contributed by atoms with E-state index in [1.165, 1.54) is 12.2 Å². The van der Waals surface area contributed by atoms with Crippen molar-refractivity contribution in [1.82, 2.24) is 5.09 Å². The van der Waals surface area contributed by atoms with E-state index in [-0.39, 0.29) is 35.9 Å². The van der Waals surface area contributed by atoms with E-state index in [2.05, 4.69) is 5.09 Å². The number of ether oxygens (including phenoxy) is 2. The topological polar surface area (TPSA) is 125 Å². The van der Waals surface area contributed by atoms with Crippen LogP contribution in [0.1, 0.15) is 0 Å². The summed E-state index contributed by atoms with van der Waals surface area (Å²) in [4.78, 5) is 46.0. The molecule has 2 aliphatic rings. The third-order valence-electron chi connectivity index (χ3n) is 3.19. The third-order valence-corrected chi connectivity index (χ3v) is 3.45. The van der Waals surface area contributed by atoms with Crippen molar-refractivity contribution in [3.63, 3.8) is 0 Å². The Labute approximate surface area is 133 Å². The summed E-state index contributed by atoms with van der Waals surface area (Å²) in [6.45, 7) is 0.0246. The summed E-state index contributed by atoms with van der Waals surface area (Å²) >= 11 is 0. The van der Waals surface area contributed by atoms with E-state index in [4.69, 9.17) is 15.2 Å². The lowest BCUT2D eigenvalue weighted by Crippen LogP contribution is -2.25. The van der Waals surface area contributed by atoms with Crippen molar-refractivity contribution in [3.8, 4) is 0 Å². The predicted octanol–water partition coefficient (Wildman–Crippen LogP) is -0.803. The van der Waals surface area contributed by atoms with Gasteiger partial charge in [-0.1, -0.05) is 0 Å². The first-order valence-electron chi connectivity index (χ1n) is 6.41. The minimum atomic E-state index is -0.898. The van der Waals surface area contributed by atoms with Crippen LogP contribution in [-0.4, -0.2) is 37.6 Å². The first-order chi connectivity index (χ1) is 11.0. The molecular weight excluding hydrogens is 323 g/mol. The SMILES string of the molecule is NC(=O)C1=C(C=O)C(C2=CCOC(C(=O)NP)=C2C=O)=CCO1.